The van der Waals surface area contributed by atoms with E-state index in [9.17, 15) is 14.8 Å². The van der Waals surface area contributed by atoms with Gasteiger partial charge in [-0.25, -0.2) is 9.59 Å². The van der Waals surface area contributed by atoms with Crippen molar-refractivity contribution in [1.29, 1.82) is 0 Å². The topological polar surface area (TPSA) is 88.8 Å². The van der Waals surface area contributed by atoms with Crippen molar-refractivity contribution in [2.45, 2.75) is 13.8 Å². The number of pyridine rings is 1. The average molecular weight is 319 g/mol. The van der Waals surface area contributed by atoms with Crippen molar-refractivity contribution in [3.05, 3.63) is 40.7 Å². The Morgan fingerprint density at radius 1 is 1.09 bits per heavy atom. The van der Waals surface area contributed by atoms with E-state index < -0.39 is 11.9 Å². The summed E-state index contributed by atoms with van der Waals surface area (Å²) in [6.07, 6.45) is 0. The normalized spacial score (nSPS) is 10.4. The maximum Gasteiger partial charge on any atom is 0.405 e. The molecule has 7 nitrogen and oxygen atoms in total. The highest BCUT2D eigenvalue weighted by molar-refractivity contribution is 6.03. The van der Waals surface area contributed by atoms with Gasteiger partial charge < -0.3 is 19.4 Å². The molecule has 0 amide bonds. The molecule has 0 saturated carbocycles. The Hall–Kier alpha value is -2.83. The molecule has 1 aromatic heterocycles. The molecule has 0 aliphatic heterocycles. The van der Waals surface area contributed by atoms with Gasteiger partial charge in [-0.3, -0.25) is 0 Å². The zero-order valence-electron chi connectivity index (χ0n) is 13.1. The summed E-state index contributed by atoms with van der Waals surface area (Å²) in [5.74, 6) is -1.11. The van der Waals surface area contributed by atoms with Crippen LogP contribution in [0.3, 0.4) is 0 Å². The van der Waals surface area contributed by atoms with Gasteiger partial charge in [0.25, 0.3) is 0 Å². The van der Waals surface area contributed by atoms with Gasteiger partial charge in [-0.15, -0.1) is 0 Å². The Morgan fingerprint density at radius 3 is 2.35 bits per heavy atom. The lowest BCUT2D eigenvalue weighted by atomic mass is 10.1. The number of hydrogen-bond acceptors (Lipinski definition) is 6. The zero-order valence-corrected chi connectivity index (χ0v) is 13.1. The highest BCUT2D eigenvalue weighted by atomic mass is 16.5. The number of ether oxygens (including phenoxy) is 3. The van der Waals surface area contributed by atoms with Crippen LogP contribution in [0.5, 0.6) is 5.75 Å². The van der Waals surface area contributed by atoms with Gasteiger partial charge in [0.15, 0.2) is 0 Å². The van der Waals surface area contributed by atoms with Crippen LogP contribution in [0.15, 0.2) is 24.3 Å². The molecule has 1 aromatic carbocycles. The number of carbonyl (C=O) groups excluding carboxylic acids is 2. The predicted molar refractivity (Wildman–Crippen MR) is 81.4 cm³/mol. The molecule has 0 aliphatic carbocycles. The van der Waals surface area contributed by atoms with Crippen molar-refractivity contribution >= 4 is 22.8 Å². The lowest BCUT2D eigenvalue weighted by molar-refractivity contribution is -0.580. The third-order valence-corrected chi connectivity index (χ3v) is 3.18. The van der Waals surface area contributed by atoms with Crippen LogP contribution in [0, 0.1) is 5.21 Å². The summed E-state index contributed by atoms with van der Waals surface area (Å²) in [6, 6.07) is 6.13. The Morgan fingerprint density at radius 2 is 1.74 bits per heavy atom. The summed E-state index contributed by atoms with van der Waals surface area (Å²) in [4.78, 5) is 24.2. The minimum atomic E-state index is -0.872. The summed E-state index contributed by atoms with van der Waals surface area (Å²) < 4.78 is 15.3. The second kappa shape index (κ2) is 6.95. The predicted octanol–water partition coefficient (Wildman–Crippen LogP) is 1.84. The summed E-state index contributed by atoms with van der Waals surface area (Å²) in [5, 5.41) is 13.0. The highest BCUT2D eigenvalue weighted by Gasteiger charge is 2.30. The van der Waals surface area contributed by atoms with Crippen molar-refractivity contribution in [1.82, 2.24) is 0 Å². The molecule has 0 saturated heterocycles. The van der Waals surface area contributed by atoms with E-state index >= 15 is 0 Å². The van der Waals surface area contributed by atoms with Crippen LogP contribution in [0.2, 0.25) is 0 Å². The molecule has 0 fully saturated rings. The molecular formula is C16H17NO6. The average Bonchev–Trinajstić information content (AvgIpc) is 2.54. The molecule has 0 spiro atoms. The standard InChI is InChI=1S/C16H17NO6/c1-4-22-15(18)12-9-10-8-11(21-3)6-7-13(10)17(20)14(12)16(19)23-5-2/h6-9H,4-5H2,1-3H3. The molecule has 23 heavy (non-hydrogen) atoms. The third kappa shape index (κ3) is 3.18. The minimum Gasteiger partial charge on any atom is -0.618 e. The summed E-state index contributed by atoms with van der Waals surface area (Å²) in [7, 11) is 1.49. The number of methoxy groups -OCH3 is 1. The number of aromatic nitrogens is 1. The first-order valence-corrected chi connectivity index (χ1v) is 7.12. The monoisotopic (exact) mass is 319 g/mol. The maximum atomic E-state index is 12.5. The van der Waals surface area contributed by atoms with Gasteiger partial charge in [-0.05, 0) is 32.0 Å². The molecule has 122 valence electrons. The van der Waals surface area contributed by atoms with Crippen LogP contribution < -0.4 is 9.47 Å². The smallest absolute Gasteiger partial charge is 0.405 e. The number of hydrogen-bond donors (Lipinski definition) is 0. The first-order valence-electron chi connectivity index (χ1n) is 7.12. The summed E-state index contributed by atoms with van der Waals surface area (Å²) >= 11 is 0. The van der Waals surface area contributed by atoms with E-state index in [1.165, 1.54) is 19.2 Å². The lowest BCUT2D eigenvalue weighted by Crippen LogP contribution is -2.39. The molecule has 1 heterocycles. The van der Waals surface area contributed by atoms with Crippen LogP contribution in [-0.4, -0.2) is 32.3 Å². The third-order valence-electron chi connectivity index (χ3n) is 3.18. The van der Waals surface area contributed by atoms with Gasteiger partial charge in [0.1, 0.15) is 11.3 Å². The molecule has 0 aliphatic rings. The lowest BCUT2D eigenvalue weighted by Gasteiger charge is -2.11. The van der Waals surface area contributed by atoms with E-state index in [2.05, 4.69) is 0 Å². The number of benzene rings is 1. The molecule has 0 bridgehead atoms. The number of carbonyl (C=O) groups is 2. The second-order valence-electron chi connectivity index (χ2n) is 4.57. The molecule has 0 N–H and O–H groups in total. The van der Waals surface area contributed by atoms with Crippen molar-refractivity contribution < 1.29 is 28.5 Å². The Balaban J connectivity index is 2.73. The van der Waals surface area contributed by atoms with Gasteiger partial charge >= 0.3 is 17.6 Å². The Kier molecular flexibility index (Phi) is 5.00. The van der Waals surface area contributed by atoms with Gasteiger partial charge in [-0.2, -0.15) is 4.73 Å². The van der Waals surface area contributed by atoms with E-state index in [0.29, 0.717) is 15.9 Å². The summed E-state index contributed by atoms with van der Waals surface area (Å²) in [5.41, 5.74) is -0.300. The van der Waals surface area contributed by atoms with Crippen molar-refractivity contribution in [2.75, 3.05) is 20.3 Å². The van der Waals surface area contributed by atoms with Crippen LogP contribution in [-0.2, 0) is 9.47 Å². The van der Waals surface area contributed by atoms with Crippen molar-refractivity contribution in [2.24, 2.45) is 0 Å². The zero-order chi connectivity index (χ0) is 17.0. The van der Waals surface area contributed by atoms with Crippen LogP contribution in [0.4, 0.5) is 0 Å². The van der Waals surface area contributed by atoms with Crippen molar-refractivity contribution in [3.8, 4) is 5.75 Å². The number of rotatable bonds is 5. The van der Waals surface area contributed by atoms with Crippen LogP contribution in [0.1, 0.15) is 34.7 Å². The maximum absolute atomic E-state index is 12.5. The number of fused-ring (bicyclic) bond motifs is 1. The van der Waals surface area contributed by atoms with E-state index in [-0.39, 0.29) is 30.0 Å². The van der Waals surface area contributed by atoms with E-state index in [0.717, 1.165) is 0 Å². The van der Waals surface area contributed by atoms with Gasteiger partial charge in [0.05, 0.1) is 25.7 Å². The molecule has 0 radical (unpaired) electrons. The largest absolute Gasteiger partial charge is 0.618 e. The first kappa shape index (κ1) is 16.5. The fourth-order valence-electron chi connectivity index (χ4n) is 2.17. The number of esters is 2. The molecule has 7 heteroatoms. The molecular weight excluding hydrogens is 302 g/mol. The Bertz CT molecular complexity index is 756. The van der Waals surface area contributed by atoms with Crippen molar-refractivity contribution in [3.63, 3.8) is 0 Å². The number of nitrogens with zero attached hydrogens (tertiary/aromatic N) is 1. The van der Waals surface area contributed by atoms with Gasteiger partial charge in [0, 0.05) is 6.07 Å². The SMILES string of the molecule is CCOC(=O)c1cc2cc(OC)ccc2[n+]([O-])c1C(=O)OCC. The van der Waals surface area contributed by atoms with E-state index in [4.69, 9.17) is 14.2 Å². The van der Waals surface area contributed by atoms with Gasteiger partial charge in [0.2, 0.25) is 5.52 Å². The van der Waals surface area contributed by atoms with E-state index in [1.807, 2.05) is 0 Å². The van der Waals surface area contributed by atoms with Gasteiger partial charge in [-0.1, -0.05) is 0 Å². The highest BCUT2D eigenvalue weighted by Crippen LogP contribution is 2.22. The van der Waals surface area contributed by atoms with Crippen LogP contribution >= 0.6 is 0 Å². The molecule has 0 atom stereocenters. The fourth-order valence-corrected chi connectivity index (χ4v) is 2.17. The minimum absolute atomic E-state index is 0.0851. The molecule has 0 unspecified atom stereocenters. The summed E-state index contributed by atoms with van der Waals surface area (Å²) in [6.45, 7) is 3.46. The Labute approximate surface area is 133 Å². The van der Waals surface area contributed by atoms with Crippen LogP contribution in [0.25, 0.3) is 10.9 Å². The first-order chi connectivity index (χ1) is 11.0. The molecule has 2 rings (SSSR count). The fraction of sp³-hybridized carbons (Fsp3) is 0.312. The van der Waals surface area contributed by atoms with E-state index in [1.54, 1.807) is 26.0 Å². The second-order valence-corrected chi connectivity index (χ2v) is 4.57. The molecule has 2 aromatic rings. The quantitative estimate of drug-likeness (QED) is 0.474.